The lowest BCUT2D eigenvalue weighted by atomic mass is 10.0. The summed E-state index contributed by atoms with van der Waals surface area (Å²) in [4.78, 5) is 36.0. The first-order valence-electron chi connectivity index (χ1n) is 38.6. The van der Waals surface area contributed by atoms with Crippen LogP contribution in [0.3, 0.4) is 0 Å². The molecular weight excluding hydrogens is 1160 g/mol. The number of likely N-dealkylation sites (N-methyl/N-ethyl adjacent to an activating group) is 1. The molecule has 92 heavy (non-hydrogen) atoms. The zero-order chi connectivity index (χ0) is 66.9. The molecular formula is C82H147NO8P+. The number of phosphoric ester groups is 1. The summed E-state index contributed by atoms with van der Waals surface area (Å²) in [6, 6.07) is 0. The van der Waals surface area contributed by atoms with Gasteiger partial charge in [-0.3, -0.25) is 18.6 Å². The lowest BCUT2D eigenvalue weighted by Gasteiger charge is -2.24. The van der Waals surface area contributed by atoms with Gasteiger partial charge in [-0.25, -0.2) is 4.57 Å². The molecule has 0 fully saturated rings. The maximum atomic E-state index is 12.9. The van der Waals surface area contributed by atoms with E-state index in [-0.39, 0.29) is 32.0 Å². The predicted molar refractivity (Wildman–Crippen MR) is 399 cm³/mol. The molecule has 0 bridgehead atoms. The van der Waals surface area contributed by atoms with E-state index in [1.54, 1.807) is 0 Å². The van der Waals surface area contributed by atoms with Crippen LogP contribution in [0.1, 0.15) is 348 Å². The molecule has 0 rings (SSSR count). The third-order valence-electron chi connectivity index (χ3n) is 16.8. The molecule has 9 nitrogen and oxygen atoms in total. The van der Waals surface area contributed by atoms with Crippen molar-refractivity contribution in [3.05, 3.63) is 109 Å². The molecule has 532 valence electrons. The minimum atomic E-state index is -4.40. The SMILES string of the molecule is CC/C=C\C/C=C\C/C=C\C/C=C\C/C=C\C/C=C\CCCCCCCCCCCCCCCCCCCCCCC(=O)OC(COC(=O)CCCCCCCCCCCCCCCC/C=C\C/C=C\C/C=C\CCCCCCC)COP(=O)(O)OCC[N+](C)(C)C. The number of rotatable bonds is 71. The van der Waals surface area contributed by atoms with Crippen LogP contribution in [0.25, 0.3) is 0 Å². The van der Waals surface area contributed by atoms with Gasteiger partial charge in [0.25, 0.3) is 0 Å². The van der Waals surface area contributed by atoms with E-state index in [0.717, 1.165) is 83.5 Å². The van der Waals surface area contributed by atoms with Crippen LogP contribution < -0.4 is 0 Å². The summed E-state index contributed by atoms with van der Waals surface area (Å²) in [5, 5.41) is 0. The van der Waals surface area contributed by atoms with Gasteiger partial charge < -0.3 is 18.9 Å². The first kappa shape index (κ1) is 88.7. The highest BCUT2D eigenvalue weighted by Crippen LogP contribution is 2.43. The molecule has 10 heteroatoms. The highest BCUT2D eigenvalue weighted by atomic mass is 31.2. The molecule has 0 amide bonds. The number of unbranched alkanes of at least 4 members (excludes halogenated alkanes) is 39. The molecule has 0 aromatic rings. The second kappa shape index (κ2) is 72.0. The topological polar surface area (TPSA) is 108 Å². The number of esters is 2. The number of allylic oxidation sites excluding steroid dienone is 18. The van der Waals surface area contributed by atoms with E-state index in [1.807, 2.05) is 21.1 Å². The Labute approximate surface area is 569 Å². The Morgan fingerprint density at radius 2 is 0.620 bits per heavy atom. The summed E-state index contributed by atoms with van der Waals surface area (Å²) in [6.07, 6.45) is 102. The Kier molecular flexibility index (Phi) is 69.3. The molecule has 0 aliphatic rings. The number of hydrogen-bond acceptors (Lipinski definition) is 7. The summed E-state index contributed by atoms with van der Waals surface area (Å²) in [5.74, 6) is -0.786. The van der Waals surface area contributed by atoms with E-state index in [2.05, 4.69) is 123 Å². The van der Waals surface area contributed by atoms with Gasteiger partial charge in [-0.1, -0.05) is 342 Å². The quantitative estimate of drug-likeness (QED) is 0.0211. The number of carbonyl (C=O) groups excluding carboxylic acids is 2. The van der Waals surface area contributed by atoms with Crippen molar-refractivity contribution in [2.24, 2.45) is 0 Å². The number of nitrogens with zero attached hydrogens (tertiary/aromatic N) is 1. The fourth-order valence-electron chi connectivity index (χ4n) is 10.9. The number of carbonyl (C=O) groups is 2. The minimum Gasteiger partial charge on any atom is -0.462 e. The largest absolute Gasteiger partial charge is 0.472 e. The van der Waals surface area contributed by atoms with Gasteiger partial charge in [-0.15, -0.1) is 0 Å². The summed E-state index contributed by atoms with van der Waals surface area (Å²) < 4.78 is 34.8. The number of ether oxygens (including phenoxy) is 2. The third kappa shape index (κ3) is 75.7. The van der Waals surface area contributed by atoms with Crippen molar-refractivity contribution in [2.45, 2.75) is 354 Å². The van der Waals surface area contributed by atoms with Gasteiger partial charge in [-0.05, 0) is 103 Å². The molecule has 0 spiro atoms. The Hall–Kier alpha value is -3.33. The lowest BCUT2D eigenvalue weighted by molar-refractivity contribution is -0.870. The molecule has 0 saturated heterocycles. The van der Waals surface area contributed by atoms with Crippen LogP contribution in [-0.2, 0) is 32.7 Å². The molecule has 0 heterocycles. The predicted octanol–water partition coefficient (Wildman–Crippen LogP) is 25.6. The molecule has 2 atom stereocenters. The second-order valence-corrected chi connectivity index (χ2v) is 28.5. The zero-order valence-corrected chi connectivity index (χ0v) is 61.7. The van der Waals surface area contributed by atoms with Gasteiger partial charge in [-0.2, -0.15) is 0 Å². The normalized spacial score (nSPS) is 13.7. The number of hydrogen-bond donors (Lipinski definition) is 1. The van der Waals surface area contributed by atoms with Crippen LogP contribution >= 0.6 is 7.82 Å². The number of phosphoric acid groups is 1. The maximum Gasteiger partial charge on any atom is 0.472 e. The molecule has 0 saturated carbocycles. The van der Waals surface area contributed by atoms with Gasteiger partial charge in [0.05, 0.1) is 27.7 Å². The van der Waals surface area contributed by atoms with Crippen LogP contribution in [0.15, 0.2) is 109 Å². The Bertz CT molecular complexity index is 1920. The highest BCUT2D eigenvalue weighted by molar-refractivity contribution is 7.47. The van der Waals surface area contributed by atoms with Gasteiger partial charge in [0.15, 0.2) is 6.10 Å². The first-order chi connectivity index (χ1) is 45.0. The maximum absolute atomic E-state index is 12.9. The van der Waals surface area contributed by atoms with Crippen molar-refractivity contribution in [3.8, 4) is 0 Å². The van der Waals surface area contributed by atoms with Crippen LogP contribution in [0, 0.1) is 0 Å². The lowest BCUT2D eigenvalue weighted by Crippen LogP contribution is -2.37. The van der Waals surface area contributed by atoms with Gasteiger partial charge in [0, 0.05) is 12.8 Å². The minimum absolute atomic E-state index is 0.0302. The molecule has 0 aliphatic carbocycles. The fourth-order valence-corrected chi connectivity index (χ4v) is 11.7. The van der Waals surface area contributed by atoms with E-state index >= 15 is 0 Å². The summed E-state index contributed by atoms with van der Waals surface area (Å²) in [7, 11) is 1.48. The smallest absolute Gasteiger partial charge is 0.462 e. The second-order valence-electron chi connectivity index (χ2n) is 27.0. The Morgan fingerprint density at radius 3 is 0.924 bits per heavy atom. The van der Waals surface area contributed by atoms with Crippen LogP contribution in [0.5, 0.6) is 0 Å². The monoisotopic (exact) mass is 1310 g/mol. The zero-order valence-electron chi connectivity index (χ0n) is 60.8. The fraction of sp³-hybridized carbons (Fsp3) is 0.756. The Balaban J connectivity index is 3.97. The van der Waals surface area contributed by atoms with E-state index < -0.39 is 26.5 Å². The van der Waals surface area contributed by atoms with Gasteiger partial charge in [0.2, 0.25) is 0 Å². The van der Waals surface area contributed by atoms with E-state index in [9.17, 15) is 19.0 Å². The van der Waals surface area contributed by atoms with Gasteiger partial charge in [0.1, 0.15) is 19.8 Å². The van der Waals surface area contributed by atoms with Crippen LogP contribution in [0.4, 0.5) is 0 Å². The molecule has 0 aromatic heterocycles. The molecule has 0 aromatic carbocycles. The third-order valence-corrected chi connectivity index (χ3v) is 17.8. The van der Waals surface area contributed by atoms with Crippen molar-refractivity contribution >= 4 is 19.8 Å². The Morgan fingerprint density at radius 1 is 0.348 bits per heavy atom. The summed E-state index contributed by atoms with van der Waals surface area (Å²) >= 11 is 0. The number of quaternary nitrogens is 1. The van der Waals surface area contributed by atoms with E-state index in [4.69, 9.17) is 18.5 Å². The average molecular weight is 1310 g/mol. The molecule has 0 aliphatic heterocycles. The highest BCUT2D eigenvalue weighted by Gasteiger charge is 2.27. The average Bonchev–Trinajstić information content (AvgIpc) is 2.14. The molecule has 2 unspecified atom stereocenters. The molecule has 0 radical (unpaired) electrons. The van der Waals surface area contributed by atoms with Crippen molar-refractivity contribution in [2.75, 3.05) is 47.5 Å². The van der Waals surface area contributed by atoms with Crippen molar-refractivity contribution in [3.63, 3.8) is 0 Å². The van der Waals surface area contributed by atoms with Crippen LogP contribution in [-0.4, -0.2) is 74.9 Å². The standard InChI is InChI=1S/C82H146NO8P/c1-6-8-10-12-14-16-18-20-22-24-26-28-30-32-34-36-37-38-39-40-41-42-43-44-45-47-49-51-53-55-57-59-61-63-65-67-69-71-73-75-82(85)91-80(79-90-92(86,87)89-77-76-83(3,4)5)78-88-81(84)74-72-70-68-66-64-62-60-58-56-54-52-50-48-46-35-33-31-29-27-25-23-21-19-17-15-13-11-9-7-2/h8,10,14,16,19-22,25-28,31-34,37-38,80H,6-7,9,11-13,15,17-18,23-24,29-30,35-36,39-79H2,1-5H3/p+1/b10-8-,16-14-,21-19-,22-20-,27-25-,28-26-,33-31-,34-32-,38-37-. The summed E-state index contributed by atoms with van der Waals surface area (Å²) in [5.41, 5.74) is 0. The van der Waals surface area contributed by atoms with E-state index in [1.165, 1.54) is 231 Å². The van der Waals surface area contributed by atoms with Gasteiger partial charge >= 0.3 is 19.8 Å². The van der Waals surface area contributed by atoms with Crippen LogP contribution in [0.2, 0.25) is 0 Å². The van der Waals surface area contributed by atoms with E-state index in [0.29, 0.717) is 17.4 Å². The first-order valence-corrected chi connectivity index (χ1v) is 40.1. The summed E-state index contributed by atoms with van der Waals surface area (Å²) in [6.45, 7) is 4.35. The van der Waals surface area contributed by atoms with Crippen molar-refractivity contribution in [1.82, 2.24) is 0 Å². The van der Waals surface area contributed by atoms with Crippen molar-refractivity contribution < 1.29 is 42.1 Å². The van der Waals surface area contributed by atoms with Crippen molar-refractivity contribution in [1.29, 1.82) is 0 Å². The molecule has 1 N–H and O–H groups in total.